The highest BCUT2D eigenvalue weighted by molar-refractivity contribution is 7.98. The first-order valence-corrected chi connectivity index (χ1v) is 9.42. The summed E-state index contributed by atoms with van der Waals surface area (Å²) < 4.78 is 0. The predicted octanol–water partition coefficient (Wildman–Crippen LogP) is 2.18. The quantitative estimate of drug-likeness (QED) is 0.576. The second kappa shape index (κ2) is 7.64. The Labute approximate surface area is 156 Å². The van der Waals surface area contributed by atoms with Crippen LogP contribution < -0.4 is 4.90 Å². The molecule has 2 heterocycles. The number of nitrogens with zero attached hydrogens (tertiary/aromatic N) is 4. The lowest BCUT2D eigenvalue weighted by molar-refractivity contribution is -0.137. The third-order valence-electron chi connectivity index (χ3n) is 4.20. The highest BCUT2D eigenvalue weighted by Crippen LogP contribution is 2.37. The molecule has 0 saturated carbocycles. The summed E-state index contributed by atoms with van der Waals surface area (Å²) >= 11 is 5.97. The number of thiol groups is 1. The van der Waals surface area contributed by atoms with E-state index in [1.807, 2.05) is 17.2 Å². The number of pyridine rings is 1. The van der Waals surface area contributed by atoms with E-state index in [4.69, 9.17) is 10.4 Å². The fourth-order valence-corrected chi connectivity index (χ4v) is 3.97. The number of thioether (sulfide) groups is 1. The van der Waals surface area contributed by atoms with Crippen molar-refractivity contribution in [2.75, 3.05) is 17.7 Å². The molecule has 0 aromatic carbocycles. The van der Waals surface area contributed by atoms with Gasteiger partial charge in [0, 0.05) is 17.9 Å². The number of aromatic nitrogens is 1. The van der Waals surface area contributed by atoms with E-state index in [0.717, 1.165) is 0 Å². The van der Waals surface area contributed by atoms with E-state index in [1.54, 1.807) is 19.9 Å². The zero-order valence-electron chi connectivity index (χ0n) is 14.3. The van der Waals surface area contributed by atoms with Gasteiger partial charge in [-0.05, 0) is 32.6 Å². The van der Waals surface area contributed by atoms with Gasteiger partial charge in [0.25, 0.3) is 0 Å². The van der Waals surface area contributed by atoms with Crippen molar-refractivity contribution in [3.8, 4) is 6.07 Å². The summed E-state index contributed by atoms with van der Waals surface area (Å²) in [5, 5.41) is 17.9. The first kappa shape index (κ1) is 19.6. The predicted molar refractivity (Wildman–Crippen MR) is 98.6 cm³/mol. The topological polar surface area (TPSA) is 97.5 Å². The van der Waals surface area contributed by atoms with Gasteiger partial charge in [-0.25, -0.2) is 4.98 Å². The van der Waals surface area contributed by atoms with Crippen LogP contribution in [0.4, 0.5) is 5.69 Å². The van der Waals surface area contributed by atoms with Crippen molar-refractivity contribution in [2.24, 2.45) is 0 Å². The molecule has 1 amide bonds. The molecule has 0 bridgehead atoms. The monoisotopic (exact) mass is 380 g/mol. The molecule has 0 radical (unpaired) electrons. The van der Waals surface area contributed by atoms with Crippen molar-refractivity contribution < 1.29 is 14.7 Å². The molecule has 1 N–H and O–H groups in total. The molecule has 1 unspecified atom stereocenters. The minimum absolute atomic E-state index is 0.0380. The average Bonchev–Trinajstić information content (AvgIpc) is 2.73. The lowest BCUT2D eigenvalue weighted by atomic mass is 10.0. The number of amides is 1. The van der Waals surface area contributed by atoms with E-state index < -0.39 is 17.0 Å². The van der Waals surface area contributed by atoms with Crippen LogP contribution in [0, 0.1) is 11.3 Å². The lowest BCUT2D eigenvalue weighted by Crippen LogP contribution is -2.45. The number of hydrogen-bond donors (Lipinski definition) is 2. The van der Waals surface area contributed by atoms with E-state index in [-0.39, 0.29) is 12.3 Å². The number of aliphatic carboxylic acids is 1. The number of anilines is 1. The molecule has 25 heavy (non-hydrogen) atoms. The molecule has 7 nitrogen and oxygen atoms in total. The van der Waals surface area contributed by atoms with Crippen LogP contribution in [0.15, 0.2) is 17.2 Å². The van der Waals surface area contributed by atoms with Crippen molar-refractivity contribution in [1.82, 2.24) is 9.88 Å². The Bertz CT molecular complexity index is 733. The summed E-state index contributed by atoms with van der Waals surface area (Å²) in [5.74, 6) is -1.00. The average molecular weight is 380 g/mol. The van der Waals surface area contributed by atoms with Gasteiger partial charge in [-0.15, -0.1) is 24.4 Å². The van der Waals surface area contributed by atoms with Crippen molar-refractivity contribution in [2.45, 2.75) is 42.6 Å². The first-order valence-electron chi connectivity index (χ1n) is 7.68. The van der Waals surface area contributed by atoms with Crippen LogP contribution in [0.25, 0.3) is 0 Å². The van der Waals surface area contributed by atoms with Gasteiger partial charge in [0.1, 0.15) is 11.6 Å². The van der Waals surface area contributed by atoms with E-state index in [1.165, 1.54) is 22.9 Å². The van der Waals surface area contributed by atoms with Crippen LogP contribution in [0.5, 0.6) is 0 Å². The minimum Gasteiger partial charge on any atom is -0.481 e. The van der Waals surface area contributed by atoms with Crippen molar-refractivity contribution >= 4 is 42.0 Å². The Balaban J connectivity index is 2.31. The maximum Gasteiger partial charge on any atom is 0.303 e. The summed E-state index contributed by atoms with van der Waals surface area (Å²) in [6.45, 7) is 4.03. The highest BCUT2D eigenvalue weighted by atomic mass is 32.2. The standard InChI is InChI=1S/C16H20N4O3S2/c1-16(2)14(23)20(15(24)19(16)6-4-5-13(21)22)10-7-12(25-3)11(8-17)18-9-10/h7,9,15,24H,4-6H2,1-3H3,(H,21,22). The fourth-order valence-electron chi connectivity index (χ4n) is 2.80. The zero-order valence-corrected chi connectivity index (χ0v) is 16.0. The Morgan fingerprint density at radius 1 is 1.56 bits per heavy atom. The van der Waals surface area contributed by atoms with E-state index in [0.29, 0.717) is 29.2 Å². The molecular formula is C16H20N4O3S2. The van der Waals surface area contributed by atoms with E-state index in [2.05, 4.69) is 17.6 Å². The van der Waals surface area contributed by atoms with Crippen LogP contribution in [-0.2, 0) is 9.59 Å². The third-order valence-corrected chi connectivity index (χ3v) is 5.46. The van der Waals surface area contributed by atoms with Gasteiger partial charge in [0.2, 0.25) is 5.91 Å². The molecular weight excluding hydrogens is 360 g/mol. The van der Waals surface area contributed by atoms with Crippen LogP contribution in [0.1, 0.15) is 32.4 Å². The highest BCUT2D eigenvalue weighted by Gasteiger charge is 2.50. The van der Waals surface area contributed by atoms with E-state index >= 15 is 0 Å². The summed E-state index contributed by atoms with van der Waals surface area (Å²) in [5.41, 5.74) is -0.447. The lowest BCUT2D eigenvalue weighted by Gasteiger charge is -2.30. The molecule has 9 heteroatoms. The molecule has 1 saturated heterocycles. The third kappa shape index (κ3) is 3.76. The van der Waals surface area contributed by atoms with Gasteiger partial charge in [-0.2, -0.15) is 5.26 Å². The molecule has 1 aliphatic heterocycles. The molecule has 1 aliphatic rings. The second-order valence-electron chi connectivity index (χ2n) is 6.13. The number of carboxylic acids is 1. The Morgan fingerprint density at radius 2 is 2.24 bits per heavy atom. The maximum atomic E-state index is 12.9. The van der Waals surface area contributed by atoms with Crippen LogP contribution >= 0.6 is 24.4 Å². The summed E-state index contributed by atoms with van der Waals surface area (Å²) in [6, 6.07) is 3.79. The van der Waals surface area contributed by atoms with Gasteiger partial charge in [0.15, 0.2) is 5.69 Å². The number of hydrogen-bond acceptors (Lipinski definition) is 7. The molecule has 0 spiro atoms. The van der Waals surface area contributed by atoms with Crippen molar-refractivity contribution in [3.05, 3.63) is 18.0 Å². The number of carbonyl (C=O) groups is 2. The van der Waals surface area contributed by atoms with Crippen molar-refractivity contribution in [1.29, 1.82) is 5.26 Å². The maximum absolute atomic E-state index is 12.9. The number of carboxylic acid groups (broad SMARTS) is 1. The number of nitriles is 1. The molecule has 1 aromatic heterocycles. The number of carbonyl (C=O) groups excluding carboxylic acids is 1. The van der Waals surface area contributed by atoms with Crippen molar-refractivity contribution in [3.63, 3.8) is 0 Å². The second-order valence-corrected chi connectivity index (χ2v) is 7.44. The molecule has 134 valence electrons. The SMILES string of the molecule is CSc1cc(N2C(=O)C(C)(C)N(CCCC(=O)O)C2S)cnc1C#N. The molecule has 1 atom stereocenters. The first-order chi connectivity index (χ1) is 11.7. The Morgan fingerprint density at radius 3 is 2.80 bits per heavy atom. The summed E-state index contributed by atoms with van der Waals surface area (Å²) in [4.78, 5) is 31.9. The Kier molecular flexibility index (Phi) is 5.98. The zero-order chi connectivity index (χ0) is 18.8. The molecule has 1 aromatic rings. The summed E-state index contributed by atoms with van der Waals surface area (Å²) in [7, 11) is 0. The molecule has 2 rings (SSSR count). The van der Waals surface area contributed by atoms with Gasteiger partial charge < -0.3 is 5.11 Å². The largest absolute Gasteiger partial charge is 0.481 e. The van der Waals surface area contributed by atoms with Gasteiger partial charge in [-0.1, -0.05) is 0 Å². The normalized spacial score (nSPS) is 19.9. The van der Waals surface area contributed by atoms with E-state index in [9.17, 15) is 9.59 Å². The summed E-state index contributed by atoms with van der Waals surface area (Å²) in [6.07, 6.45) is 3.80. The van der Waals surface area contributed by atoms with Gasteiger partial charge >= 0.3 is 5.97 Å². The van der Waals surface area contributed by atoms with Crippen LogP contribution in [-0.4, -0.2) is 50.7 Å². The molecule has 1 fully saturated rings. The molecule has 0 aliphatic carbocycles. The number of rotatable bonds is 6. The Hall–Kier alpha value is -1.76. The van der Waals surface area contributed by atoms with Crippen LogP contribution in [0.3, 0.4) is 0 Å². The minimum atomic E-state index is -0.864. The smallest absolute Gasteiger partial charge is 0.303 e. The fraction of sp³-hybridized carbons (Fsp3) is 0.500. The van der Waals surface area contributed by atoms with Crippen LogP contribution in [0.2, 0.25) is 0 Å². The van der Waals surface area contributed by atoms with Gasteiger partial charge in [-0.3, -0.25) is 19.4 Å². The van der Waals surface area contributed by atoms with Gasteiger partial charge in [0.05, 0.1) is 17.4 Å².